The van der Waals surface area contributed by atoms with Crippen LogP contribution in [0.2, 0.25) is 0 Å². The Morgan fingerprint density at radius 3 is 2.36 bits per heavy atom. The predicted molar refractivity (Wildman–Crippen MR) is 91.8 cm³/mol. The average Bonchev–Trinajstić information content (AvgIpc) is 2.47. The zero-order chi connectivity index (χ0) is 15.9. The van der Waals surface area contributed by atoms with E-state index in [-0.39, 0.29) is 0 Å². The molecule has 0 aromatic heterocycles. The number of nitrogens with one attached hydrogen (secondary N) is 1. The fourth-order valence-electron chi connectivity index (χ4n) is 2.64. The summed E-state index contributed by atoms with van der Waals surface area (Å²) in [4.78, 5) is 0. The Balaban J connectivity index is 2.01. The van der Waals surface area contributed by atoms with Gasteiger partial charge in [-0.1, -0.05) is 29.8 Å². The summed E-state index contributed by atoms with van der Waals surface area (Å²) < 4.78 is 10.6. The van der Waals surface area contributed by atoms with Crippen molar-refractivity contribution >= 4 is 5.69 Å². The summed E-state index contributed by atoms with van der Waals surface area (Å²) in [6, 6.07) is 12.6. The minimum absolute atomic E-state index is 0.573. The Labute approximate surface area is 133 Å². The second kappa shape index (κ2) is 7.85. The summed E-state index contributed by atoms with van der Waals surface area (Å²) in [6.07, 6.45) is 0. The molecule has 0 fully saturated rings. The topological polar surface area (TPSA) is 30.5 Å². The molecule has 0 amide bonds. The van der Waals surface area contributed by atoms with Gasteiger partial charge in [-0.05, 0) is 49.6 Å². The maximum atomic E-state index is 5.65. The van der Waals surface area contributed by atoms with E-state index in [1.807, 2.05) is 12.1 Å². The maximum Gasteiger partial charge on any atom is 0.119 e. The molecule has 0 aliphatic carbocycles. The van der Waals surface area contributed by atoms with Gasteiger partial charge in [-0.15, -0.1) is 0 Å². The van der Waals surface area contributed by atoms with Gasteiger partial charge in [0, 0.05) is 19.3 Å². The maximum absolute atomic E-state index is 5.65. The summed E-state index contributed by atoms with van der Waals surface area (Å²) >= 11 is 0. The fourth-order valence-corrected chi connectivity index (χ4v) is 2.64. The normalized spacial score (nSPS) is 10.5. The molecule has 0 aliphatic heterocycles. The third kappa shape index (κ3) is 4.50. The number of aryl methyl sites for hydroxylation is 3. The number of methoxy groups -OCH3 is 1. The van der Waals surface area contributed by atoms with Crippen LogP contribution >= 0.6 is 0 Å². The highest BCUT2D eigenvalue weighted by atomic mass is 16.5. The van der Waals surface area contributed by atoms with Crippen LogP contribution < -0.4 is 10.1 Å². The molecular weight excluding hydrogens is 274 g/mol. The van der Waals surface area contributed by atoms with E-state index in [0.29, 0.717) is 13.2 Å². The highest BCUT2D eigenvalue weighted by molar-refractivity contribution is 5.58. The van der Waals surface area contributed by atoms with Gasteiger partial charge in [0.05, 0.1) is 6.61 Å². The first-order chi connectivity index (χ1) is 10.6. The Kier molecular flexibility index (Phi) is 5.84. The lowest BCUT2D eigenvalue weighted by atomic mass is 10.0. The Morgan fingerprint density at radius 1 is 0.955 bits per heavy atom. The van der Waals surface area contributed by atoms with Crippen molar-refractivity contribution in [3.05, 3.63) is 58.7 Å². The summed E-state index contributed by atoms with van der Waals surface area (Å²) in [5.41, 5.74) is 6.29. The van der Waals surface area contributed by atoms with Crippen molar-refractivity contribution in [2.45, 2.75) is 27.3 Å². The van der Waals surface area contributed by atoms with E-state index in [4.69, 9.17) is 9.47 Å². The van der Waals surface area contributed by atoms with E-state index < -0.39 is 0 Å². The lowest BCUT2D eigenvalue weighted by Crippen LogP contribution is -2.06. The molecule has 3 nitrogen and oxygen atoms in total. The molecule has 0 radical (unpaired) electrons. The van der Waals surface area contributed by atoms with Crippen LogP contribution in [0.5, 0.6) is 5.75 Å². The number of rotatable bonds is 7. The van der Waals surface area contributed by atoms with Gasteiger partial charge in [0.25, 0.3) is 0 Å². The Bertz CT molecular complexity index is 600. The number of benzene rings is 2. The summed E-state index contributed by atoms with van der Waals surface area (Å²) in [6.45, 7) is 8.38. The molecule has 0 saturated heterocycles. The molecule has 0 unspecified atom stereocenters. The third-order valence-electron chi connectivity index (χ3n) is 3.60. The van der Waals surface area contributed by atoms with E-state index in [2.05, 4.69) is 50.4 Å². The zero-order valence-electron chi connectivity index (χ0n) is 13.9. The summed E-state index contributed by atoms with van der Waals surface area (Å²) in [5.74, 6) is 0.883. The second-order valence-electron chi connectivity index (χ2n) is 5.62. The van der Waals surface area contributed by atoms with Crippen LogP contribution in [0.4, 0.5) is 5.69 Å². The van der Waals surface area contributed by atoms with Crippen molar-refractivity contribution in [3.8, 4) is 5.75 Å². The van der Waals surface area contributed by atoms with Gasteiger partial charge in [0.1, 0.15) is 12.4 Å². The molecule has 0 atom stereocenters. The van der Waals surface area contributed by atoms with Gasteiger partial charge in [0.2, 0.25) is 0 Å². The minimum atomic E-state index is 0.573. The van der Waals surface area contributed by atoms with Crippen LogP contribution in [-0.2, 0) is 11.3 Å². The summed E-state index contributed by atoms with van der Waals surface area (Å²) in [5, 5.41) is 3.54. The lowest BCUT2D eigenvalue weighted by Gasteiger charge is -2.14. The van der Waals surface area contributed by atoms with E-state index in [0.717, 1.165) is 12.3 Å². The van der Waals surface area contributed by atoms with Gasteiger partial charge in [-0.2, -0.15) is 0 Å². The van der Waals surface area contributed by atoms with Crippen LogP contribution in [0, 0.1) is 20.8 Å². The first-order valence-corrected chi connectivity index (χ1v) is 7.62. The van der Waals surface area contributed by atoms with E-state index in [9.17, 15) is 0 Å². The fraction of sp³-hybridized carbons (Fsp3) is 0.368. The van der Waals surface area contributed by atoms with Gasteiger partial charge in [0.15, 0.2) is 0 Å². The molecule has 0 saturated carbocycles. The van der Waals surface area contributed by atoms with Crippen molar-refractivity contribution < 1.29 is 9.47 Å². The molecule has 22 heavy (non-hydrogen) atoms. The van der Waals surface area contributed by atoms with Gasteiger partial charge >= 0.3 is 0 Å². The van der Waals surface area contributed by atoms with Crippen molar-refractivity contribution in [2.24, 2.45) is 0 Å². The zero-order valence-corrected chi connectivity index (χ0v) is 13.9. The molecule has 2 aromatic rings. The highest BCUT2D eigenvalue weighted by Gasteiger charge is 2.04. The molecular formula is C19H25NO2. The second-order valence-corrected chi connectivity index (χ2v) is 5.62. The molecule has 2 rings (SSSR count). The molecule has 3 heteroatoms. The number of ether oxygens (including phenoxy) is 2. The molecule has 118 valence electrons. The lowest BCUT2D eigenvalue weighted by molar-refractivity contribution is 0.146. The van der Waals surface area contributed by atoms with Crippen LogP contribution in [0.1, 0.15) is 22.3 Å². The van der Waals surface area contributed by atoms with Crippen molar-refractivity contribution in [1.82, 2.24) is 0 Å². The van der Waals surface area contributed by atoms with E-state index in [1.54, 1.807) is 7.11 Å². The Morgan fingerprint density at radius 2 is 1.68 bits per heavy atom. The van der Waals surface area contributed by atoms with Crippen LogP contribution in [0.25, 0.3) is 0 Å². The molecule has 2 aromatic carbocycles. The van der Waals surface area contributed by atoms with Gasteiger partial charge in [-0.25, -0.2) is 0 Å². The standard InChI is InChI=1S/C19H25NO2/c1-14-10-15(2)19(16(3)11-14)20-13-17-6-5-7-18(12-17)22-9-8-21-4/h5-7,10-12,20H,8-9,13H2,1-4H3. The average molecular weight is 299 g/mol. The van der Waals surface area contributed by atoms with Crippen molar-refractivity contribution in [2.75, 3.05) is 25.6 Å². The van der Waals surface area contributed by atoms with Crippen LogP contribution in [0.3, 0.4) is 0 Å². The monoisotopic (exact) mass is 299 g/mol. The molecule has 0 aliphatic rings. The Hall–Kier alpha value is -2.00. The van der Waals surface area contributed by atoms with Gasteiger partial charge < -0.3 is 14.8 Å². The van der Waals surface area contributed by atoms with E-state index in [1.165, 1.54) is 27.9 Å². The summed E-state index contributed by atoms with van der Waals surface area (Å²) in [7, 11) is 1.68. The number of anilines is 1. The van der Waals surface area contributed by atoms with Crippen molar-refractivity contribution in [3.63, 3.8) is 0 Å². The first-order valence-electron chi connectivity index (χ1n) is 7.62. The van der Waals surface area contributed by atoms with Crippen LogP contribution in [-0.4, -0.2) is 20.3 Å². The number of hydrogen-bond acceptors (Lipinski definition) is 3. The first kappa shape index (κ1) is 16.4. The molecule has 0 spiro atoms. The smallest absolute Gasteiger partial charge is 0.119 e. The predicted octanol–water partition coefficient (Wildman–Crippen LogP) is 4.25. The molecule has 0 heterocycles. The van der Waals surface area contributed by atoms with E-state index >= 15 is 0 Å². The molecule has 0 bridgehead atoms. The molecule has 1 N–H and O–H groups in total. The minimum Gasteiger partial charge on any atom is -0.491 e. The SMILES string of the molecule is COCCOc1cccc(CNc2c(C)cc(C)cc2C)c1. The van der Waals surface area contributed by atoms with Gasteiger partial charge in [-0.3, -0.25) is 0 Å². The number of hydrogen-bond donors (Lipinski definition) is 1. The highest BCUT2D eigenvalue weighted by Crippen LogP contribution is 2.23. The quantitative estimate of drug-likeness (QED) is 0.775. The van der Waals surface area contributed by atoms with Crippen LogP contribution in [0.15, 0.2) is 36.4 Å². The van der Waals surface area contributed by atoms with Crippen molar-refractivity contribution in [1.29, 1.82) is 0 Å². The largest absolute Gasteiger partial charge is 0.491 e. The third-order valence-corrected chi connectivity index (χ3v) is 3.60.